The van der Waals surface area contributed by atoms with E-state index in [0.29, 0.717) is 38.2 Å². The van der Waals surface area contributed by atoms with Crippen molar-refractivity contribution in [3.8, 4) is 0 Å². The lowest BCUT2D eigenvalue weighted by Gasteiger charge is -2.31. The quantitative estimate of drug-likeness (QED) is 0.0515. The third-order valence-electron chi connectivity index (χ3n) is 7.16. The molecule has 0 unspecified atom stereocenters. The average Bonchev–Trinajstić information content (AvgIpc) is 3.08. The number of nitrogens with zero attached hydrogens (tertiary/aromatic N) is 3. The lowest BCUT2D eigenvalue weighted by atomic mass is 9.97. The van der Waals surface area contributed by atoms with Gasteiger partial charge in [0.1, 0.15) is 13.2 Å². The summed E-state index contributed by atoms with van der Waals surface area (Å²) in [6.07, 6.45) is -1.66. The smallest absolute Gasteiger partial charge is 0.410 e. The molecule has 0 saturated carbocycles. The number of nitro benzene ring substituents is 2. The highest BCUT2D eigenvalue weighted by Gasteiger charge is 2.35. The van der Waals surface area contributed by atoms with Gasteiger partial charge in [-0.3, -0.25) is 25.0 Å². The summed E-state index contributed by atoms with van der Waals surface area (Å²) < 4.78 is 32.0. The van der Waals surface area contributed by atoms with E-state index >= 15 is 0 Å². The fraction of sp³-hybridized carbons (Fsp3) is 0.469. The predicted octanol–water partition coefficient (Wildman–Crippen LogP) is 4.15. The highest BCUT2D eigenvalue weighted by atomic mass is 16.6. The van der Waals surface area contributed by atoms with Gasteiger partial charge >= 0.3 is 18.0 Å². The van der Waals surface area contributed by atoms with Gasteiger partial charge in [0.15, 0.2) is 6.10 Å². The Labute approximate surface area is 276 Å². The normalized spacial score (nSPS) is 13.2. The Kier molecular flexibility index (Phi) is 15.4. The van der Waals surface area contributed by atoms with E-state index < -0.39 is 39.9 Å². The zero-order chi connectivity index (χ0) is 34.9. The minimum atomic E-state index is -1.42. The molecule has 0 aromatic heterocycles. The first kappa shape index (κ1) is 37.5. The molecular formula is C32H39N3O13. The van der Waals surface area contributed by atoms with Crippen molar-refractivity contribution < 1.29 is 52.7 Å². The van der Waals surface area contributed by atoms with Crippen LogP contribution < -0.4 is 0 Å². The van der Waals surface area contributed by atoms with Crippen molar-refractivity contribution in [1.82, 2.24) is 4.90 Å². The van der Waals surface area contributed by atoms with Gasteiger partial charge in [0, 0.05) is 30.8 Å². The van der Waals surface area contributed by atoms with Crippen LogP contribution in [-0.4, -0.2) is 98.7 Å². The minimum Gasteiger partial charge on any atom is -0.463 e. The molecule has 0 bridgehead atoms. The lowest BCUT2D eigenvalue weighted by Crippen LogP contribution is -2.41. The number of hydrogen-bond donors (Lipinski definition) is 0. The van der Waals surface area contributed by atoms with Crippen molar-refractivity contribution in [1.29, 1.82) is 0 Å². The van der Waals surface area contributed by atoms with Crippen molar-refractivity contribution in [2.75, 3.05) is 65.9 Å². The molecule has 2 aromatic carbocycles. The van der Waals surface area contributed by atoms with Crippen molar-refractivity contribution in [3.05, 3.63) is 92.0 Å². The fourth-order valence-corrected chi connectivity index (χ4v) is 4.70. The fourth-order valence-electron chi connectivity index (χ4n) is 4.70. The summed E-state index contributed by atoms with van der Waals surface area (Å²) in [6.45, 7) is 7.19. The second-order valence-electron chi connectivity index (χ2n) is 10.6. The Bertz CT molecular complexity index is 1370. The van der Waals surface area contributed by atoms with Crippen LogP contribution in [0.3, 0.4) is 0 Å². The summed E-state index contributed by atoms with van der Waals surface area (Å²) in [5.74, 6) is -1.34. The van der Waals surface area contributed by atoms with E-state index in [1.165, 1.54) is 53.4 Å². The van der Waals surface area contributed by atoms with Crippen molar-refractivity contribution >= 4 is 29.4 Å². The molecule has 0 N–H and O–H groups in total. The molecule has 1 aliphatic heterocycles. The second kappa shape index (κ2) is 19.7. The van der Waals surface area contributed by atoms with Gasteiger partial charge < -0.3 is 33.3 Å². The average molecular weight is 674 g/mol. The molecule has 0 atom stereocenters. The third-order valence-corrected chi connectivity index (χ3v) is 7.16. The zero-order valence-electron chi connectivity index (χ0n) is 26.6. The topological polar surface area (TPSA) is 196 Å². The number of benzene rings is 2. The maximum atomic E-state index is 13.2. The molecule has 260 valence electrons. The highest BCUT2D eigenvalue weighted by molar-refractivity contribution is 5.86. The molecule has 0 radical (unpaired) electrons. The number of ether oxygens (including phenoxy) is 6. The number of rotatable bonds is 19. The Morgan fingerprint density at radius 3 is 1.67 bits per heavy atom. The van der Waals surface area contributed by atoms with Crippen molar-refractivity contribution in [3.63, 3.8) is 0 Å². The molecule has 48 heavy (non-hydrogen) atoms. The van der Waals surface area contributed by atoms with E-state index in [1.807, 2.05) is 0 Å². The largest absolute Gasteiger partial charge is 0.463 e. The number of piperidine rings is 1. The molecule has 1 heterocycles. The number of carbonyl (C=O) groups excluding carboxylic acids is 3. The molecular weight excluding hydrogens is 634 g/mol. The Hall–Kier alpha value is -4.93. The SMILES string of the molecule is C=C(C)C(=O)OCCOCCOCCOCCOC(=O)C1CCN(C(=O)OC(c2ccccc2[N+](=O)[O-])c2ccccc2[N+](=O)[O-])CC1. The lowest BCUT2D eigenvalue weighted by molar-refractivity contribution is -0.387. The van der Waals surface area contributed by atoms with Crippen molar-refractivity contribution in [2.45, 2.75) is 25.9 Å². The minimum absolute atomic E-state index is 0.0119. The molecule has 1 fully saturated rings. The van der Waals surface area contributed by atoms with Crippen LogP contribution in [0.2, 0.25) is 0 Å². The Morgan fingerprint density at radius 1 is 0.771 bits per heavy atom. The summed E-state index contributed by atoms with van der Waals surface area (Å²) in [4.78, 5) is 60.6. The van der Waals surface area contributed by atoms with Crippen molar-refractivity contribution in [2.24, 2.45) is 5.92 Å². The van der Waals surface area contributed by atoms with Crippen LogP contribution in [-0.2, 0) is 38.0 Å². The first-order valence-electron chi connectivity index (χ1n) is 15.2. The first-order chi connectivity index (χ1) is 23.1. The van der Waals surface area contributed by atoms with E-state index in [4.69, 9.17) is 28.4 Å². The summed E-state index contributed by atoms with van der Waals surface area (Å²) in [6, 6.07) is 11.2. The van der Waals surface area contributed by atoms with Crippen LogP contribution in [0.4, 0.5) is 16.2 Å². The van der Waals surface area contributed by atoms with E-state index in [0.717, 1.165) is 0 Å². The number of para-hydroxylation sites is 2. The maximum Gasteiger partial charge on any atom is 0.410 e. The molecule has 1 aliphatic rings. The molecule has 16 heteroatoms. The van der Waals surface area contributed by atoms with Crippen LogP contribution in [0, 0.1) is 26.1 Å². The van der Waals surface area contributed by atoms with Gasteiger partial charge in [-0.25, -0.2) is 9.59 Å². The highest BCUT2D eigenvalue weighted by Crippen LogP contribution is 2.37. The summed E-state index contributed by atoms with van der Waals surface area (Å²) in [7, 11) is 0. The van der Waals surface area contributed by atoms with E-state index in [9.17, 15) is 34.6 Å². The second-order valence-corrected chi connectivity index (χ2v) is 10.6. The van der Waals surface area contributed by atoms with Crippen LogP contribution in [0.15, 0.2) is 60.7 Å². The maximum absolute atomic E-state index is 13.2. The Morgan fingerprint density at radius 2 is 1.21 bits per heavy atom. The van der Waals surface area contributed by atoms with Gasteiger partial charge in [0.2, 0.25) is 0 Å². The number of nitro groups is 2. The van der Waals surface area contributed by atoms with Gasteiger partial charge in [-0.15, -0.1) is 0 Å². The van der Waals surface area contributed by atoms with E-state index in [-0.39, 0.29) is 68.6 Å². The van der Waals surface area contributed by atoms with Crippen LogP contribution in [0.1, 0.15) is 37.0 Å². The van der Waals surface area contributed by atoms with E-state index in [2.05, 4.69) is 6.58 Å². The van der Waals surface area contributed by atoms with Gasteiger partial charge in [-0.2, -0.15) is 0 Å². The number of carbonyl (C=O) groups is 3. The van der Waals surface area contributed by atoms with Gasteiger partial charge in [-0.05, 0) is 31.9 Å². The van der Waals surface area contributed by atoms with Gasteiger partial charge in [0.25, 0.3) is 11.4 Å². The van der Waals surface area contributed by atoms with Gasteiger partial charge in [-0.1, -0.05) is 30.8 Å². The molecule has 3 rings (SSSR count). The van der Waals surface area contributed by atoms with Gasteiger partial charge in [0.05, 0.1) is 66.5 Å². The molecule has 16 nitrogen and oxygen atoms in total. The van der Waals surface area contributed by atoms with Crippen LogP contribution in [0.5, 0.6) is 0 Å². The third kappa shape index (κ3) is 11.7. The summed E-state index contributed by atoms with van der Waals surface area (Å²) in [5, 5.41) is 23.5. The number of esters is 2. The monoisotopic (exact) mass is 673 g/mol. The molecule has 1 amide bonds. The number of amides is 1. The van der Waals surface area contributed by atoms with Crippen LogP contribution >= 0.6 is 0 Å². The summed E-state index contributed by atoms with van der Waals surface area (Å²) in [5.41, 5.74) is -0.408. The standard InChI is InChI=1S/C32H39N3O13/c1-23(2)30(36)46-21-19-44-17-15-43-16-18-45-20-22-47-31(37)24-11-13-33(14-12-24)32(38)48-29(25-7-3-5-9-27(25)34(39)40)26-8-4-6-10-28(26)35(41)42/h3-10,24,29H,1,11-22H2,2H3. The molecule has 0 aliphatic carbocycles. The first-order valence-corrected chi connectivity index (χ1v) is 15.2. The van der Waals surface area contributed by atoms with Crippen LogP contribution in [0.25, 0.3) is 0 Å². The predicted molar refractivity (Wildman–Crippen MR) is 168 cm³/mol. The molecule has 0 spiro atoms. The number of hydrogen-bond acceptors (Lipinski definition) is 13. The Balaban J connectivity index is 1.38. The molecule has 1 saturated heterocycles. The molecule has 2 aromatic rings. The summed E-state index contributed by atoms with van der Waals surface area (Å²) >= 11 is 0. The zero-order valence-corrected chi connectivity index (χ0v) is 26.6. The number of likely N-dealkylation sites (tertiary alicyclic amines) is 1. The van der Waals surface area contributed by atoms with E-state index in [1.54, 1.807) is 6.92 Å².